The minimum Gasteiger partial charge on any atom is -0.478 e. The van der Waals surface area contributed by atoms with Crippen LogP contribution < -0.4 is 4.74 Å². The zero-order chi connectivity index (χ0) is 46.3. The molecule has 0 heterocycles. The predicted molar refractivity (Wildman–Crippen MR) is 237 cm³/mol. The number of hydrogen-bond acceptors (Lipinski definition) is 7. The first-order chi connectivity index (χ1) is 30.7. The molecule has 12 heteroatoms. The van der Waals surface area contributed by atoms with E-state index in [1.165, 1.54) is 62.4 Å². The molecule has 3 N–H and O–H groups in total. The Hall–Kier alpha value is -8.12. The molecule has 1 aliphatic carbocycles. The van der Waals surface area contributed by atoms with Crippen LogP contribution in [0.2, 0.25) is 0 Å². The third-order valence-corrected chi connectivity index (χ3v) is 10.4. The van der Waals surface area contributed by atoms with E-state index in [9.17, 15) is 38.3 Å². The summed E-state index contributed by atoms with van der Waals surface area (Å²) in [4.78, 5) is 66.4. The molecule has 7 rings (SSSR count). The Morgan fingerprint density at radius 2 is 1.05 bits per heavy atom. The van der Waals surface area contributed by atoms with E-state index in [-0.39, 0.29) is 64.2 Å². The van der Waals surface area contributed by atoms with Crippen LogP contribution in [-0.2, 0) is 14.4 Å². The van der Waals surface area contributed by atoms with Crippen molar-refractivity contribution in [3.63, 3.8) is 0 Å². The number of halogens is 2. The smallest absolute Gasteiger partial charge is 0.335 e. The second-order valence-corrected chi connectivity index (χ2v) is 14.6. The topological polar surface area (TPSA) is 172 Å². The maximum Gasteiger partial charge on any atom is 0.335 e. The van der Waals surface area contributed by atoms with E-state index in [0.29, 0.717) is 11.1 Å². The third kappa shape index (κ3) is 12.3. The van der Waals surface area contributed by atoms with Crippen molar-refractivity contribution >= 4 is 54.2 Å². The number of carboxylic acid groups (broad SMARTS) is 3. The summed E-state index contributed by atoms with van der Waals surface area (Å²) in [5, 5.41) is 26.6. The molecular formula is C52H42F2O10. The molecule has 1 saturated carbocycles. The number of hydrogen-bond donors (Lipinski definition) is 3. The van der Waals surface area contributed by atoms with Crippen molar-refractivity contribution in [3.8, 4) is 5.75 Å². The summed E-state index contributed by atoms with van der Waals surface area (Å²) >= 11 is 0. The third-order valence-electron chi connectivity index (χ3n) is 10.4. The highest BCUT2D eigenvalue weighted by Crippen LogP contribution is 2.63. The summed E-state index contributed by atoms with van der Waals surface area (Å²) in [5.41, 5.74) is 4.60. The Kier molecular flexibility index (Phi) is 16.2. The lowest BCUT2D eigenvalue weighted by Crippen LogP contribution is -2.45. The number of Topliss-reactive ketones (excluding diaryl/α,β-unsaturated/α-hetero) is 1. The lowest BCUT2D eigenvalue weighted by molar-refractivity contribution is -0.126. The molecule has 0 saturated heterocycles. The molecule has 0 aromatic heterocycles. The van der Waals surface area contributed by atoms with Crippen LogP contribution in [0.3, 0.4) is 0 Å². The summed E-state index contributed by atoms with van der Waals surface area (Å²) in [7, 11) is 0. The molecule has 0 spiro atoms. The highest BCUT2D eigenvalue weighted by atomic mass is 19.1. The molecule has 6 aromatic carbocycles. The fourth-order valence-corrected chi connectivity index (χ4v) is 7.40. The van der Waals surface area contributed by atoms with Gasteiger partial charge in [-0.2, -0.15) is 0 Å². The standard InChI is InChI=1S/C26H21FO5.C15H11FO2.C11H10O3/c1-15(29)22-23(16-5-3-2-4-6-16)25(20-12-11-19(32-14-28)13-21(20)27)24(22)17-7-9-18(10-8-17)26(30)31;16-14-10-13(15(17)18)9-8-12(14)7-6-11-4-2-1-3-5-11;1-8(12)2-3-9-4-6-10(7-5-9)11(13)14/h2-14,22-25H,1H3,(H,30,31);1-10H,(H,17,18);2-7H,1H3,(H,13,14)/b;7-6+;3-2+/t22-,23?,24+,25-;;/m1../s1. The van der Waals surface area contributed by atoms with Crippen LogP contribution in [0.4, 0.5) is 8.78 Å². The van der Waals surface area contributed by atoms with Crippen molar-refractivity contribution in [1.82, 2.24) is 0 Å². The largest absolute Gasteiger partial charge is 0.478 e. The van der Waals surface area contributed by atoms with Crippen molar-refractivity contribution in [3.05, 3.63) is 213 Å². The van der Waals surface area contributed by atoms with Gasteiger partial charge in [-0.3, -0.25) is 14.4 Å². The van der Waals surface area contributed by atoms with Crippen molar-refractivity contribution < 1.29 is 57.6 Å². The molecule has 0 amide bonds. The number of allylic oxidation sites excluding steroid dienone is 1. The van der Waals surface area contributed by atoms with Crippen LogP contribution in [0.1, 0.15) is 96.1 Å². The first kappa shape index (κ1) is 46.9. The van der Waals surface area contributed by atoms with Crippen molar-refractivity contribution in [1.29, 1.82) is 0 Å². The lowest BCUT2D eigenvalue weighted by Gasteiger charge is -2.52. The molecule has 1 fully saturated rings. The Labute approximate surface area is 367 Å². The van der Waals surface area contributed by atoms with Crippen molar-refractivity contribution in [2.75, 3.05) is 0 Å². The fourth-order valence-electron chi connectivity index (χ4n) is 7.40. The van der Waals surface area contributed by atoms with Gasteiger partial charge in [0.2, 0.25) is 0 Å². The van der Waals surface area contributed by atoms with Gasteiger partial charge >= 0.3 is 17.9 Å². The van der Waals surface area contributed by atoms with E-state index in [1.54, 1.807) is 48.6 Å². The van der Waals surface area contributed by atoms with Crippen molar-refractivity contribution in [2.24, 2.45) is 5.92 Å². The van der Waals surface area contributed by atoms with E-state index >= 15 is 4.39 Å². The number of carbonyl (C=O) groups excluding carboxylic acids is 3. The Balaban J connectivity index is 0.000000203. The summed E-state index contributed by atoms with van der Waals surface area (Å²) in [5.74, 6) is -5.44. The first-order valence-electron chi connectivity index (χ1n) is 19.7. The molecule has 324 valence electrons. The van der Waals surface area contributed by atoms with Gasteiger partial charge in [-0.25, -0.2) is 23.2 Å². The normalized spacial score (nSPS) is 16.2. The average molecular weight is 865 g/mol. The highest BCUT2D eigenvalue weighted by Gasteiger charge is 2.54. The van der Waals surface area contributed by atoms with E-state index < -0.39 is 29.5 Å². The number of benzene rings is 6. The van der Waals surface area contributed by atoms with E-state index in [2.05, 4.69) is 0 Å². The molecule has 1 aliphatic rings. The molecular weight excluding hydrogens is 823 g/mol. The molecule has 10 nitrogen and oxygen atoms in total. The molecule has 0 radical (unpaired) electrons. The number of carbonyl (C=O) groups is 6. The number of carboxylic acids is 3. The number of aromatic carboxylic acids is 3. The van der Waals surface area contributed by atoms with Gasteiger partial charge in [-0.05, 0) is 90.2 Å². The Morgan fingerprint density at radius 3 is 1.55 bits per heavy atom. The monoisotopic (exact) mass is 864 g/mol. The van der Waals surface area contributed by atoms with Crippen LogP contribution in [-0.4, -0.2) is 51.3 Å². The first-order valence-corrected chi connectivity index (χ1v) is 19.7. The number of rotatable bonds is 13. The molecule has 4 atom stereocenters. The van der Waals surface area contributed by atoms with Crippen LogP contribution in [0.15, 0.2) is 152 Å². The van der Waals surface area contributed by atoms with Gasteiger partial charge in [0, 0.05) is 35.3 Å². The summed E-state index contributed by atoms with van der Waals surface area (Å²) < 4.78 is 33.5. The Bertz CT molecular complexity index is 2680. The van der Waals surface area contributed by atoms with Crippen LogP contribution in [0.5, 0.6) is 5.75 Å². The SMILES string of the molecule is CC(=O)/C=C/c1ccc(C(=O)O)cc1.CC(=O)[C@@H]1C(c2ccccc2)[C@@H](c2ccc(OC=O)cc2F)[C@H]1c1ccc(C(=O)O)cc1.O=C(O)c1ccc(/C=C/c2ccccc2)c(F)c1. The highest BCUT2D eigenvalue weighted by molar-refractivity contribution is 5.92. The fraction of sp³-hybridized carbons (Fsp3) is 0.115. The van der Waals surface area contributed by atoms with Gasteiger partial charge in [-0.1, -0.05) is 115 Å². The average Bonchev–Trinajstić information content (AvgIpc) is 3.27. The maximum atomic E-state index is 15.2. The molecule has 1 unspecified atom stereocenters. The van der Waals surface area contributed by atoms with E-state index in [4.69, 9.17) is 14.9 Å². The predicted octanol–water partition coefficient (Wildman–Crippen LogP) is 10.6. The van der Waals surface area contributed by atoms with E-state index in [0.717, 1.165) is 34.4 Å². The number of ether oxygens (including phenoxy) is 1. The van der Waals surface area contributed by atoms with Gasteiger partial charge in [0.1, 0.15) is 23.2 Å². The number of ketones is 2. The molecule has 0 bridgehead atoms. The molecule has 0 aliphatic heterocycles. The van der Waals surface area contributed by atoms with Gasteiger partial charge < -0.3 is 20.1 Å². The Morgan fingerprint density at radius 1 is 0.531 bits per heavy atom. The summed E-state index contributed by atoms with van der Waals surface area (Å²) in [6.45, 7) is 3.23. The maximum absolute atomic E-state index is 15.2. The summed E-state index contributed by atoms with van der Waals surface area (Å²) in [6.07, 6.45) is 6.49. The second kappa shape index (κ2) is 22.1. The lowest BCUT2D eigenvalue weighted by atomic mass is 9.50. The molecule has 64 heavy (non-hydrogen) atoms. The van der Waals surface area contributed by atoms with Gasteiger partial charge in [-0.15, -0.1) is 0 Å². The van der Waals surface area contributed by atoms with Crippen LogP contribution >= 0.6 is 0 Å². The van der Waals surface area contributed by atoms with E-state index in [1.807, 2.05) is 60.7 Å². The zero-order valence-electron chi connectivity index (χ0n) is 34.5. The van der Waals surface area contributed by atoms with Crippen LogP contribution in [0.25, 0.3) is 18.2 Å². The van der Waals surface area contributed by atoms with Gasteiger partial charge in [0.15, 0.2) is 5.78 Å². The van der Waals surface area contributed by atoms with Gasteiger partial charge in [0.25, 0.3) is 6.47 Å². The van der Waals surface area contributed by atoms with Crippen LogP contribution in [0, 0.1) is 17.6 Å². The minimum atomic E-state index is -1.13. The zero-order valence-corrected chi connectivity index (χ0v) is 34.5. The molecule has 6 aromatic rings. The second-order valence-electron chi connectivity index (χ2n) is 14.6. The summed E-state index contributed by atoms with van der Waals surface area (Å²) in [6, 6.07) is 39.8. The van der Waals surface area contributed by atoms with Gasteiger partial charge in [0.05, 0.1) is 16.7 Å². The quantitative estimate of drug-likeness (QED) is 0.0576. The minimum absolute atomic E-state index is 0.0104. The van der Waals surface area contributed by atoms with Crippen molar-refractivity contribution in [2.45, 2.75) is 31.6 Å².